The Balaban J connectivity index is 2.40. The zero-order chi connectivity index (χ0) is 5.11. The van der Waals surface area contributed by atoms with Gasteiger partial charge in [-0.05, 0) is 0 Å². The van der Waals surface area contributed by atoms with Crippen LogP contribution in [0, 0.1) is 0 Å². The van der Waals surface area contributed by atoms with E-state index in [0.29, 0.717) is 0 Å². The predicted octanol–water partition coefficient (Wildman–Crippen LogP) is -0.496. The Morgan fingerprint density at radius 2 is 2.57 bits per heavy atom. The van der Waals surface area contributed by atoms with Crippen LogP contribution in [0.25, 0.3) is 0 Å². The average molecular weight is 162 g/mol. The maximum atomic E-state index is 4.08. The topological polar surface area (TPSA) is 24.4 Å². The number of amidine groups is 1. The van der Waals surface area contributed by atoms with Gasteiger partial charge in [0, 0.05) is 0 Å². The molecular weight excluding hydrogens is 155 g/mol. The summed E-state index contributed by atoms with van der Waals surface area (Å²) in [5.74, 6) is 0. The van der Waals surface area contributed by atoms with Crippen LogP contribution in [-0.2, 0) is 0 Å². The zero-order valence-electron chi connectivity index (χ0n) is 3.98. The van der Waals surface area contributed by atoms with Crippen LogP contribution in [0.3, 0.4) is 0 Å². The number of rotatable bonds is 0. The summed E-state index contributed by atoms with van der Waals surface area (Å²) in [5, 5.41) is 3.08. The first-order valence-electron chi connectivity index (χ1n) is 2.35. The molecule has 0 saturated carbocycles. The van der Waals surface area contributed by atoms with Crippen LogP contribution in [0.15, 0.2) is 4.99 Å². The Morgan fingerprint density at radius 3 is 2.86 bits per heavy atom. The second kappa shape index (κ2) is 2.34. The molecule has 0 aliphatic carbocycles. The first-order valence-corrected chi connectivity index (χ1v) is 3.20. The van der Waals surface area contributed by atoms with E-state index in [2.05, 4.69) is 26.3 Å². The first-order chi connectivity index (χ1) is 3.39. The monoisotopic (exact) mass is 163 g/mol. The number of hydrogen-bond acceptors (Lipinski definition) is 2. The van der Waals surface area contributed by atoms with Crippen molar-refractivity contribution in [2.45, 2.75) is 6.42 Å². The molecule has 0 fully saturated rings. The fourth-order valence-electron chi connectivity index (χ4n) is 0.511. The molecule has 1 aliphatic heterocycles. The van der Waals surface area contributed by atoms with E-state index in [4.69, 9.17) is 0 Å². The molecule has 3 heteroatoms. The number of hydrogen-bond donors (Lipinski definition) is 1. The summed E-state index contributed by atoms with van der Waals surface area (Å²) >= 11 is 2.82. The molecule has 2 nitrogen and oxygen atoms in total. The van der Waals surface area contributed by atoms with E-state index in [1.807, 2.05) is 0 Å². The second-order valence-electron chi connectivity index (χ2n) is 1.47. The summed E-state index contributed by atoms with van der Waals surface area (Å²) in [6, 6.07) is 0. The van der Waals surface area contributed by atoms with E-state index in [0.717, 1.165) is 17.8 Å². The van der Waals surface area contributed by atoms with Gasteiger partial charge in [-0.15, -0.1) is 0 Å². The minimum atomic E-state index is 0.964. The van der Waals surface area contributed by atoms with Gasteiger partial charge in [0.2, 0.25) is 0 Å². The van der Waals surface area contributed by atoms with E-state index in [-0.39, 0.29) is 0 Å². The Bertz CT molecular complexity index is 89.7. The van der Waals surface area contributed by atoms with Crippen molar-refractivity contribution in [2.75, 3.05) is 13.1 Å². The van der Waals surface area contributed by atoms with E-state index in [1.165, 1.54) is 6.42 Å². The van der Waals surface area contributed by atoms with Gasteiger partial charge < -0.3 is 0 Å². The van der Waals surface area contributed by atoms with Crippen LogP contribution >= 0.6 is 0 Å². The van der Waals surface area contributed by atoms with Crippen molar-refractivity contribution in [2.24, 2.45) is 4.99 Å². The number of nitrogens with zero attached hydrogens (tertiary/aromatic N) is 1. The molecule has 0 spiro atoms. The Morgan fingerprint density at radius 1 is 1.71 bits per heavy atom. The summed E-state index contributed by atoms with van der Waals surface area (Å²) in [5.41, 5.74) is 0. The maximum absolute atomic E-state index is 4.08. The van der Waals surface area contributed by atoms with Crippen LogP contribution in [0.4, 0.5) is 0 Å². The molecular formula is C4H7N2Se. The third-order valence-electron chi connectivity index (χ3n) is 0.867. The zero-order valence-corrected chi connectivity index (χ0v) is 5.69. The van der Waals surface area contributed by atoms with Crippen molar-refractivity contribution in [1.82, 2.24) is 5.32 Å². The molecule has 39 valence electrons. The van der Waals surface area contributed by atoms with E-state index in [1.54, 1.807) is 0 Å². The van der Waals surface area contributed by atoms with Gasteiger partial charge in [-0.3, -0.25) is 0 Å². The Labute approximate surface area is 51.2 Å². The van der Waals surface area contributed by atoms with Crippen LogP contribution in [0.1, 0.15) is 6.42 Å². The molecule has 0 saturated heterocycles. The molecule has 1 rings (SSSR count). The van der Waals surface area contributed by atoms with Gasteiger partial charge >= 0.3 is 50.6 Å². The van der Waals surface area contributed by atoms with Gasteiger partial charge in [-0.25, -0.2) is 0 Å². The van der Waals surface area contributed by atoms with E-state index < -0.39 is 0 Å². The number of nitrogens with one attached hydrogen (secondary N) is 1. The van der Waals surface area contributed by atoms with Crippen LogP contribution in [-0.4, -0.2) is 33.8 Å². The van der Waals surface area contributed by atoms with E-state index >= 15 is 0 Å². The molecule has 0 aromatic carbocycles. The third-order valence-corrected chi connectivity index (χ3v) is 1.44. The standard InChI is InChI=1S/C4H7N2Se/c7-4-5-2-1-3-6-4/h1-3H2,(H,5,6). The summed E-state index contributed by atoms with van der Waals surface area (Å²) in [7, 11) is 0. The van der Waals surface area contributed by atoms with Crippen molar-refractivity contribution in [1.29, 1.82) is 0 Å². The molecule has 0 amide bonds. The molecule has 0 bridgehead atoms. The molecule has 1 radical (unpaired) electrons. The Hall–Kier alpha value is -0.0105. The van der Waals surface area contributed by atoms with Crippen LogP contribution < -0.4 is 5.32 Å². The third kappa shape index (κ3) is 1.49. The van der Waals surface area contributed by atoms with Gasteiger partial charge in [-0.2, -0.15) is 0 Å². The summed E-state index contributed by atoms with van der Waals surface area (Å²) in [6.07, 6.45) is 1.17. The molecule has 0 unspecified atom stereocenters. The average Bonchev–Trinajstić information content (AvgIpc) is 1.69. The van der Waals surface area contributed by atoms with Crippen LogP contribution in [0.5, 0.6) is 0 Å². The van der Waals surface area contributed by atoms with Gasteiger partial charge in [0.1, 0.15) is 0 Å². The fourth-order valence-corrected chi connectivity index (χ4v) is 0.917. The second-order valence-corrected chi connectivity index (χ2v) is 2.28. The van der Waals surface area contributed by atoms with Crippen molar-refractivity contribution < 1.29 is 0 Å². The molecule has 7 heavy (non-hydrogen) atoms. The quantitative estimate of drug-likeness (QED) is 0.477. The van der Waals surface area contributed by atoms with E-state index in [9.17, 15) is 0 Å². The Kier molecular flexibility index (Phi) is 1.71. The molecule has 0 aromatic heterocycles. The fraction of sp³-hybridized carbons (Fsp3) is 0.750. The normalized spacial score (nSPS) is 20.3. The van der Waals surface area contributed by atoms with Gasteiger partial charge in [0.15, 0.2) is 0 Å². The van der Waals surface area contributed by atoms with Crippen molar-refractivity contribution in [3.63, 3.8) is 0 Å². The van der Waals surface area contributed by atoms with Crippen LogP contribution in [0.2, 0.25) is 0 Å². The molecule has 0 aromatic rings. The van der Waals surface area contributed by atoms with Crippen molar-refractivity contribution in [3.8, 4) is 0 Å². The molecule has 1 heterocycles. The predicted molar refractivity (Wildman–Crippen MR) is 30.7 cm³/mol. The van der Waals surface area contributed by atoms with Gasteiger partial charge in [-0.1, -0.05) is 0 Å². The number of aliphatic imine (C=N–C) groups is 1. The molecule has 1 N–H and O–H groups in total. The van der Waals surface area contributed by atoms with Crippen molar-refractivity contribution >= 4 is 20.7 Å². The SMILES string of the molecule is [Se]C1=NCCCN1. The summed E-state index contributed by atoms with van der Waals surface area (Å²) in [4.78, 5) is 4.08. The first kappa shape index (κ1) is 5.13. The molecule has 1 aliphatic rings. The molecule has 0 atom stereocenters. The van der Waals surface area contributed by atoms with Gasteiger partial charge in [0.05, 0.1) is 0 Å². The summed E-state index contributed by atoms with van der Waals surface area (Å²) in [6.45, 7) is 2.06. The van der Waals surface area contributed by atoms with Crippen molar-refractivity contribution in [3.05, 3.63) is 0 Å². The minimum absolute atomic E-state index is 0.964. The summed E-state index contributed by atoms with van der Waals surface area (Å²) < 4.78 is 0.964. The van der Waals surface area contributed by atoms with Gasteiger partial charge in [0.25, 0.3) is 0 Å².